The summed E-state index contributed by atoms with van der Waals surface area (Å²) in [5.41, 5.74) is 0.951. The molecule has 0 bridgehead atoms. The van der Waals surface area contributed by atoms with Gasteiger partial charge in [-0.15, -0.1) is 0 Å². The molecule has 0 aliphatic heterocycles. The molecule has 2 aromatic rings. The highest BCUT2D eigenvalue weighted by molar-refractivity contribution is 5.95. The van der Waals surface area contributed by atoms with Gasteiger partial charge in [0.25, 0.3) is 0 Å². The largest absolute Gasteiger partial charge is 0.492 e. The highest BCUT2D eigenvalue weighted by atomic mass is 16.5. The van der Waals surface area contributed by atoms with Gasteiger partial charge in [-0.25, -0.2) is 4.79 Å². The summed E-state index contributed by atoms with van der Waals surface area (Å²) >= 11 is 0. The summed E-state index contributed by atoms with van der Waals surface area (Å²) in [7, 11) is 3.17. The van der Waals surface area contributed by atoms with Gasteiger partial charge in [0.2, 0.25) is 5.91 Å². The summed E-state index contributed by atoms with van der Waals surface area (Å²) in [6, 6.07) is 16.2. The quantitative estimate of drug-likeness (QED) is 0.746. The molecular formula is C19H22N2O4. The van der Waals surface area contributed by atoms with Crippen molar-refractivity contribution in [3.63, 3.8) is 0 Å². The summed E-state index contributed by atoms with van der Waals surface area (Å²) in [6.45, 7) is 1.33. The molecular weight excluding hydrogens is 320 g/mol. The van der Waals surface area contributed by atoms with E-state index in [2.05, 4.69) is 10.1 Å². The van der Waals surface area contributed by atoms with Crippen molar-refractivity contribution < 1.29 is 19.1 Å². The zero-order valence-corrected chi connectivity index (χ0v) is 14.4. The van der Waals surface area contributed by atoms with E-state index in [1.54, 1.807) is 24.3 Å². The molecule has 0 fully saturated rings. The number of para-hydroxylation sites is 1. The first-order valence-corrected chi connectivity index (χ1v) is 7.93. The number of likely N-dealkylation sites (N-methyl/N-ethyl adjacent to an activating group) is 1. The smallest absolute Gasteiger partial charge is 0.337 e. The molecule has 25 heavy (non-hydrogen) atoms. The monoisotopic (exact) mass is 342 g/mol. The Hall–Kier alpha value is -2.86. The summed E-state index contributed by atoms with van der Waals surface area (Å²) in [4.78, 5) is 25.5. The van der Waals surface area contributed by atoms with Crippen molar-refractivity contribution in [2.75, 3.05) is 39.2 Å². The molecule has 6 nitrogen and oxygen atoms in total. The number of rotatable bonds is 8. The van der Waals surface area contributed by atoms with E-state index >= 15 is 0 Å². The summed E-state index contributed by atoms with van der Waals surface area (Å²) < 4.78 is 10.3. The third-order valence-corrected chi connectivity index (χ3v) is 3.47. The van der Waals surface area contributed by atoms with Gasteiger partial charge in [-0.1, -0.05) is 24.3 Å². The van der Waals surface area contributed by atoms with E-state index in [1.165, 1.54) is 7.11 Å². The van der Waals surface area contributed by atoms with Crippen LogP contribution in [0.4, 0.5) is 5.69 Å². The van der Waals surface area contributed by atoms with Crippen molar-refractivity contribution >= 4 is 17.6 Å². The van der Waals surface area contributed by atoms with Crippen LogP contribution >= 0.6 is 0 Å². The van der Waals surface area contributed by atoms with Gasteiger partial charge in [-0.05, 0) is 37.4 Å². The lowest BCUT2D eigenvalue weighted by atomic mass is 10.2. The first-order chi connectivity index (χ1) is 12.1. The Morgan fingerprint density at radius 3 is 2.56 bits per heavy atom. The second-order valence-corrected chi connectivity index (χ2v) is 5.52. The van der Waals surface area contributed by atoms with Crippen LogP contribution in [0.5, 0.6) is 5.75 Å². The van der Waals surface area contributed by atoms with Crippen LogP contribution in [0.25, 0.3) is 0 Å². The van der Waals surface area contributed by atoms with E-state index in [9.17, 15) is 9.59 Å². The number of carbonyl (C=O) groups is 2. The van der Waals surface area contributed by atoms with E-state index in [-0.39, 0.29) is 12.5 Å². The van der Waals surface area contributed by atoms with E-state index < -0.39 is 5.97 Å². The van der Waals surface area contributed by atoms with Gasteiger partial charge in [0.05, 0.1) is 19.2 Å². The van der Waals surface area contributed by atoms with Crippen LogP contribution in [0.1, 0.15) is 10.4 Å². The van der Waals surface area contributed by atoms with Crippen molar-refractivity contribution in [1.29, 1.82) is 0 Å². The highest BCUT2D eigenvalue weighted by Gasteiger charge is 2.10. The second kappa shape index (κ2) is 9.44. The van der Waals surface area contributed by atoms with Gasteiger partial charge in [0, 0.05) is 12.2 Å². The Bertz CT molecular complexity index is 704. The van der Waals surface area contributed by atoms with Crippen LogP contribution in [0.15, 0.2) is 54.6 Å². The molecule has 0 atom stereocenters. The first-order valence-electron chi connectivity index (χ1n) is 7.93. The molecule has 0 radical (unpaired) electrons. The number of methoxy groups -OCH3 is 1. The van der Waals surface area contributed by atoms with Crippen LogP contribution in [0.2, 0.25) is 0 Å². The normalized spacial score (nSPS) is 10.4. The van der Waals surface area contributed by atoms with Crippen molar-refractivity contribution in [3.05, 3.63) is 60.2 Å². The lowest BCUT2D eigenvalue weighted by Crippen LogP contribution is -2.33. The van der Waals surface area contributed by atoms with Crippen LogP contribution < -0.4 is 10.1 Å². The van der Waals surface area contributed by atoms with Gasteiger partial charge in [0.15, 0.2) is 0 Å². The minimum atomic E-state index is -0.439. The lowest BCUT2D eigenvalue weighted by Gasteiger charge is -2.16. The standard InChI is InChI=1S/C19H22N2O4/c1-21(11-12-25-17-9-4-3-5-10-17)14-18(22)20-16-8-6-7-15(13-16)19(23)24-2/h3-10,13H,11-12,14H2,1-2H3,(H,20,22). The number of nitrogens with zero attached hydrogens (tertiary/aromatic N) is 1. The van der Waals surface area contributed by atoms with E-state index in [0.717, 1.165) is 5.75 Å². The predicted molar refractivity (Wildman–Crippen MR) is 95.8 cm³/mol. The van der Waals surface area contributed by atoms with Gasteiger partial charge in [-0.2, -0.15) is 0 Å². The Morgan fingerprint density at radius 2 is 1.84 bits per heavy atom. The SMILES string of the molecule is COC(=O)c1cccc(NC(=O)CN(C)CCOc2ccccc2)c1. The number of amides is 1. The number of benzene rings is 2. The average molecular weight is 342 g/mol. The molecule has 0 aliphatic carbocycles. The number of carbonyl (C=O) groups excluding carboxylic acids is 2. The fourth-order valence-corrected chi connectivity index (χ4v) is 2.20. The topological polar surface area (TPSA) is 67.9 Å². The maximum absolute atomic E-state index is 12.1. The fraction of sp³-hybridized carbons (Fsp3) is 0.263. The third-order valence-electron chi connectivity index (χ3n) is 3.47. The van der Waals surface area contributed by atoms with Crippen LogP contribution in [-0.4, -0.2) is 50.6 Å². The Kier molecular flexibility index (Phi) is 6.98. The number of hydrogen-bond donors (Lipinski definition) is 1. The van der Waals surface area contributed by atoms with Crippen molar-refractivity contribution in [2.45, 2.75) is 0 Å². The molecule has 1 amide bonds. The number of esters is 1. The van der Waals surface area contributed by atoms with Gasteiger partial charge >= 0.3 is 5.97 Å². The second-order valence-electron chi connectivity index (χ2n) is 5.52. The van der Waals surface area contributed by atoms with Crippen molar-refractivity contribution in [2.24, 2.45) is 0 Å². The molecule has 0 saturated carbocycles. The Morgan fingerprint density at radius 1 is 1.08 bits per heavy atom. The maximum atomic E-state index is 12.1. The number of ether oxygens (including phenoxy) is 2. The van der Waals surface area contributed by atoms with Gasteiger partial charge < -0.3 is 14.8 Å². The maximum Gasteiger partial charge on any atom is 0.337 e. The molecule has 0 spiro atoms. The Balaban J connectivity index is 1.76. The molecule has 1 N–H and O–H groups in total. The Labute approximate surface area is 147 Å². The molecule has 0 unspecified atom stereocenters. The molecule has 0 saturated heterocycles. The predicted octanol–water partition coefficient (Wildman–Crippen LogP) is 2.42. The molecule has 0 heterocycles. The molecule has 6 heteroatoms. The van der Waals surface area contributed by atoms with E-state index in [0.29, 0.717) is 24.4 Å². The average Bonchev–Trinajstić information content (AvgIpc) is 2.62. The van der Waals surface area contributed by atoms with Crippen LogP contribution in [0, 0.1) is 0 Å². The van der Waals surface area contributed by atoms with Gasteiger partial charge in [-0.3, -0.25) is 9.69 Å². The fourth-order valence-electron chi connectivity index (χ4n) is 2.20. The molecule has 132 valence electrons. The van der Waals surface area contributed by atoms with E-state index in [4.69, 9.17) is 4.74 Å². The van der Waals surface area contributed by atoms with Crippen LogP contribution in [0.3, 0.4) is 0 Å². The summed E-state index contributed by atoms with van der Waals surface area (Å²) in [5.74, 6) is 0.204. The summed E-state index contributed by atoms with van der Waals surface area (Å²) in [5, 5.41) is 2.77. The summed E-state index contributed by atoms with van der Waals surface area (Å²) in [6.07, 6.45) is 0. The lowest BCUT2D eigenvalue weighted by molar-refractivity contribution is -0.117. The zero-order valence-electron chi connectivity index (χ0n) is 14.4. The van der Waals surface area contributed by atoms with E-state index in [1.807, 2.05) is 42.3 Å². The minimum absolute atomic E-state index is 0.163. The number of nitrogens with one attached hydrogen (secondary N) is 1. The zero-order chi connectivity index (χ0) is 18.1. The highest BCUT2D eigenvalue weighted by Crippen LogP contribution is 2.11. The molecule has 0 aromatic heterocycles. The number of hydrogen-bond acceptors (Lipinski definition) is 5. The molecule has 2 aromatic carbocycles. The molecule has 0 aliphatic rings. The first kappa shape index (κ1) is 18.5. The van der Waals surface area contributed by atoms with Crippen molar-refractivity contribution in [1.82, 2.24) is 4.90 Å². The molecule has 2 rings (SSSR count). The number of anilines is 1. The van der Waals surface area contributed by atoms with Crippen molar-refractivity contribution in [3.8, 4) is 5.75 Å². The van der Waals surface area contributed by atoms with Gasteiger partial charge in [0.1, 0.15) is 12.4 Å². The third kappa shape index (κ3) is 6.27. The minimum Gasteiger partial charge on any atom is -0.492 e. The van der Waals surface area contributed by atoms with Crippen LogP contribution in [-0.2, 0) is 9.53 Å².